The SMILES string of the molecule is COCC(C)OCCC(C)CCCl. The third-order valence-electron chi connectivity index (χ3n) is 2.02. The Labute approximate surface area is 86.6 Å². The Kier molecular flexibility index (Phi) is 8.93. The largest absolute Gasteiger partial charge is 0.382 e. The van der Waals surface area contributed by atoms with Gasteiger partial charge in [0.2, 0.25) is 0 Å². The van der Waals surface area contributed by atoms with Gasteiger partial charge >= 0.3 is 0 Å². The van der Waals surface area contributed by atoms with Gasteiger partial charge in [-0.25, -0.2) is 0 Å². The van der Waals surface area contributed by atoms with E-state index in [9.17, 15) is 0 Å². The summed E-state index contributed by atoms with van der Waals surface area (Å²) in [5, 5.41) is 0. The molecule has 0 aliphatic heterocycles. The van der Waals surface area contributed by atoms with Crippen molar-refractivity contribution in [3.63, 3.8) is 0 Å². The van der Waals surface area contributed by atoms with Crippen LogP contribution >= 0.6 is 11.6 Å². The Morgan fingerprint density at radius 2 is 1.92 bits per heavy atom. The van der Waals surface area contributed by atoms with E-state index in [1.807, 2.05) is 6.92 Å². The summed E-state index contributed by atoms with van der Waals surface area (Å²) in [7, 11) is 1.69. The van der Waals surface area contributed by atoms with Crippen LogP contribution in [0.4, 0.5) is 0 Å². The van der Waals surface area contributed by atoms with Crippen LogP contribution in [0, 0.1) is 5.92 Å². The summed E-state index contributed by atoms with van der Waals surface area (Å²) in [6.45, 7) is 5.70. The number of hydrogen-bond acceptors (Lipinski definition) is 2. The summed E-state index contributed by atoms with van der Waals surface area (Å²) in [4.78, 5) is 0. The second kappa shape index (κ2) is 8.79. The van der Waals surface area contributed by atoms with E-state index in [2.05, 4.69) is 6.92 Å². The average Bonchev–Trinajstić information content (AvgIpc) is 2.05. The lowest BCUT2D eigenvalue weighted by atomic mass is 10.1. The second-order valence-corrected chi connectivity index (χ2v) is 3.89. The van der Waals surface area contributed by atoms with Crippen LogP contribution in [0.15, 0.2) is 0 Å². The van der Waals surface area contributed by atoms with Crippen molar-refractivity contribution in [2.45, 2.75) is 32.8 Å². The molecule has 2 unspecified atom stereocenters. The Morgan fingerprint density at radius 1 is 1.23 bits per heavy atom. The predicted octanol–water partition coefficient (Wildman–Crippen LogP) is 2.69. The monoisotopic (exact) mass is 208 g/mol. The molecular formula is C10H21ClO2. The highest BCUT2D eigenvalue weighted by Crippen LogP contribution is 2.08. The molecule has 13 heavy (non-hydrogen) atoms. The molecule has 0 radical (unpaired) electrons. The lowest BCUT2D eigenvalue weighted by Crippen LogP contribution is -2.16. The molecule has 0 saturated carbocycles. The third-order valence-corrected chi connectivity index (χ3v) is 2.23. The summed E-state index contributed by atoms with van der Waals surface area (Å²) < 4.78 is 10.5. The minimum Gasteiger partial charge on any atom is -0.382 e. The van der Waals surface area contributed by atoms with Crippen molar-refractivity contribution in [2.75, 3.05) is 26.2 Å². The van der Waals surface area contributed by atoms with E-state index in [0.29, 0.717) is 12.5 Å². The maximum absolute atomic E-state index is 5.63. The molecule has 3 heteroatoms. The number of alkyl halides is 1. The van der Waals surface area contributed by atoms with Gasteiger partial charge in [-0.05, 0) is 25.7 Å². The van der Waals surface area contributed by atoms with Crippen LogP contribution in [0.1, 0.15) is 26.7 Å². The first-order valence-electron chi connectivity index (χ1n) is 4.87. The highest BCUT2D eigenvalue weighted by molar-refractivity contribution is 6.17. The number of methoxy groups -OCH3 is 1. The number of rotatable bonds is 8. The zero-order chi connectivity index (χ0) is 10.1. The molecule has 0 N–H and O–H groups in total. The number of hydrogen-bond donors (Lipinski definition) is 0. The summed E-state index contributed by atoms with van der Waals surface area (Å²) in [5.74, 6) is 1.40. The summed E-state index contributed by atoms with van der Waals surface area (Å²) >= 11 is 5.63. The molecule has 0 aliphatic carbocycles. The number of ether oxygens (including phenoxy) is 2. The van der Waals surface area contributed by atoms with Crippen LogP contribution in [-0.2, 0) is 9.47 Å². The maximum Gasteiger partial charge on any atom is 0.0780 e. The average molecular weight is 209 g/mol. The summed E-state index contributed by atoms with van der Waals surface area (Å²) in [6, 6.07) is 0. The van der Waals surface area contributed by atoms with Crippen molar-refractivity contribution in [3.05, 3.63) is 0 Å². The summed E-state index contributed by atoms with van der Waals surface area (Å²) in [6.07, 6.45) is 2.36. The molecule has 2 atom stereocenters. The standard InChI is InChI=1S/C10H21ClO2/c1-9(4-6-11)5-7-13-10(2)8-12-3/h9-10H,4-8H2,1-3H3. The van der Waals surface area contributed by atoms with Gasteiger partial charge in [0.25, 0.3) is 0 Å². The van der Waals surface area contributed by atoms with Gasteiger partial charge in [0.1, 0.15) is 0 Å². The highest BCUT2D eigenvalue weighted by Gasteiger charge is 2.04. The molecule has 0 aliphatic rings. The van der Waals surface area contributed by atoms with Crippen molar-refractivity contribution in [2.24, 2.45) is 5.92 Å². The topological polar surface area (TPSA) is 18.5 Å². The normalized spacial score (nSPS) is 15.7. The van der Waals surface area contributed by atoms with Crippen molar-refractivity contribution < 1.29 is 9.47 Å². The van der Waals surface area contributed by atoms with Crippen LogP contribution in [0.3, 0.4) is 0 Å². The molecule has 0 rings (SSSR count). The fraction of sp³-hybridized carbons (Fsp3) is 1.00. The second-order valence-electron chi connectivity index (χ2n) is 3.51. The Morgan fingerprint density at radius 3 is 2.46 bits per heavy atom. The molecule has 0 spiro atoms. The van der Waals surface area contributed by atoms with E-state index in [1.54, 1.807) is 7.11 Å². The molecule has 0 fully saturated rings. The van der Waals surface area contributed by atoms with Gasteiger partial charge in [-0.3, -0.25) is 0 Å². The molecule has 0 heterocycles. The molecule has 2 nitrogen and oxygen atoms in total. The van der Waals surface area contributed by atoms with Gasteiger partial charge < -0.3 is 9.47 Å². The van der Waals surface area contributed by atoms with Gasteiger partial charge in [0.05, 0.1) is 12.7 Å². The molecular weight excluding hydrogens is 188 g/mol. The Balaban J connectivity index is 3.23. The lowest BCUT2D eigenvalue weighted by molar-refractivity contribution is 0.00447. The van der Waals surface area contributed by atoms with E-state index in [-0.39, 0.29) is 6.10 Å². The van der Waals surface area contributed by atoms with E-state index in [4.69, 9.17) is 21.1 Å². The maximum atomic E-state index is 5.63. The molecule has 0 aromatic heterocycles. The van der Waals surface area contributed by atoms with E-state index in [0.717, 1.165) is 25.3 Å². The molecule has 0 aromatic rings. The predicted molar refractivity (Wildman–Crippen MR) is 56.4 cm³/mol. The molecule has 80 valence electrons. The van der Waals surface area contributed by atoms with E-state index in [1.165, 1.54) is 0 Å². The van der Waals surface area contributed by atoms with Crippen LogP contribution in [-0.4, -0.2) is 32.3 Å². The van der Waals surface area contributed by atoms with E-state index < -0.39 is 0 Å². The molecule has 0 bridgehead atoms. The molecule has 0 saturated heterocycles. The van der Waals surface area contributed by atoms with Crippen LogP contribution in [0.2, 0.25) is 0 Å². The molecule has 0 amide bonds. The third kappa shape index (κ3) is 8.54. The van der Waals surface area contributed by atoms with Crippen LogP contribution in [0.25, 0.3) is 0 Å². The first-order valence-corrected chi connectivity index (χ1v) is 5.40. The fourth-order valence-corrected chi connectivity index (χ4v) is 1.46. The van der Waals surface area contributed by atoms with E-state index >= 15 is 0 Å². The van der Waals surface area contributed by atoms with Gasteiger partial charge in [-0.2, -0.15) is 0 Å². The van der Waals surface area contributed by atoms with Crippen LogP contribution in [0.5, 0.6) is 0 Å². The Bertz CT molecular complexity index is 97.1. The van der Waals surface area contributed by atoms with Crippen molar-refractivity contribution in [1.82, 2.24) is 0 Å². The first-order chi connectivity index (χ1) is 6.20. The fourth-order valence-electron chi connectivity index (χ4n) is 1.08. The molecule has 0 aromatic carbocycles. The van der Waals surface area contributed by atoms with Gasteiger partial charge in [-0.1, -0.05) is 6.92 Å². The summed E-state index contributed by atoms with van der Waals surface area (Å²) in [5.41, 5.74) is 0. The minimum atomic E-state index is 0.202. The smallest absolute Gasteiger partial charge is 0.0780 e. The lowest BCUT2D eigenvalue weighted by Gasteiger charge is -2.14. The zero-order valence-electron chi connectivity index (χ0n) is 8.88. The van der Waals surface area contributed by atoms with Gasteiger partial charge in [0, 0.05) is 19.6 Å². The first kappa shape index (κ1) is 13.2. The van der Waals surface area contributed by atoms with Gasteiger partial charge in [-0.15, -0.1) is 11.6 Å². The minimum absolute atomic E-state index is 0.202. The van der Waals surface area contributed by atoms with Crippen molar-refractivity contribution in [3.8, 4) is 0 Å². The number of halogens is 1. The Hall–Kier alpha value is 0.210. The van der Waals surface area contributed by atoms with Crippen LogP contribution < -0.4 is 0 Å². The highest BCUT2D eigenvalue weighted by atomic mass is 35.5. The zero-order valence-corrected chi connectivity index (χ0v) is 9.64. The van der Waals surface area contributed by atoms with Crippen molar-refractivity contribution >= 4 is 11.6 Å². The van der Waals surface area contributed by atoms with Gasteiger partial charge in [0.15, 0.2) is 0 Å². The van der Waals surface area contributed by atoms with Crippen molar-refractivity contribution in [1.29, 1.82) is 0 Å². The quantitative estimate of drug-likeness (QED) is 0.571.